The third kappa shape index (κ3) is 3.07. The van der Waals surface area contributed by atoms with Gasteiger partial charge in [0.25, 0.3) is 0 Å². The number of thiocarbonyl (C=S) groups is 1. The maximum atomic E-state index is 12.7. The van der Waals surface area contributed by atoms with Gasteiger partial charge in [-0.2, -0.15) is 0 Å². The Bertz CT molecular complexity index is 350. The molecule has 1 atom stereocenters. The average Bonchev–Trinajstić information content (AvgIpc) is 2.91. The Morgan fingerprint density at radius 3 is 2.63 bits per heavy atom. The molecule has 2 heterocycles. The first-order valence-electron chi connectivity index (χ1n) is 6.81. The molecule has 5 nitrogen and oxygen atoms in total. The van der Waals surface area contributed by atoms with E-state index in [1.165, 1.54) is 0 Å². The number of ether oxygens (including phenoxy) is 2. The third-order valence-electron chi connectivity index (χ3n) is 4.08. The van der Waals surface area contributed by atoms with Crippen molar-refractivity contribution in [1.29, 1.82) is 0 Å². The minimum atomic E-state index is -0.721. The number of hydrogen-bond donors (Lipinski definition) is 1. The van der Waals surface area contributed by atoms with Gasteiger partial charge in [-0.05, 0) is 25.7 Å². The van der Waals surface area contributed by atoms with Gasteiger partial charge in [0.15, 0.2) is 0 Å². The lowest BCUT2D eigenvalue weighted by Crippen LogP contribution is -2.53. The molecule has 2 fully saturated rings. The molecule has 0 saturated carbocycles. The summed E-state index contributed by atoms with van der Waals surface area (Å²) in [6, 6.07) is 0. The minimum absolute atomic E-state index is 0.0128. The Labute approximate surface area is 119 Å². The van der Waals surface area contributed by atoms with Crippen LogP contribution in [0, 0.1) is 5.41 Å². The molecular weight excluding hydrogens is 264 g/mol. The zero-order valence-corrected chi connectivity index (χ0v) is 12.2. The van der Waals surface area contributed by atoms with Crippen LogP contribution in [0.5, 0.6) is 0 Å². The molecule has 0 spiro atoms. The number of hydrogen-bond acceptors (Lipinski definition) is 4. The van der Waals surface area contributed by atoms with Crippen LogP contribution in [0.4, 0.5) is 0 Å². The fourth-order valence-corrected chi connectivity index (χ4v) is 3.12. The van der Waals surface area contributed by atoms with E-state index in [0.717, 1.165) is 19.4 Å². The van der Waals surface area contributed by atoms with Gasteiger partial charge < -0.3 is 20.1 Å². The highest BCUT2D eigenvalue weighted by atomic mass is 32.1. The first-order chi connectivity index (χ1) is 9.06. The highest BCUT2D eigenvalue weighted by Gasteiger charge is 2.44. The Morgan fingerprint density at radius 1 is 1.42 bits per heavy atom. The van der Waals surface area contributed by atoms with Crippen LogP contribution in [-0.2, 0) is 14.3 Å². The van der Waals surface area contributed by atoms with E-state index in [4.69, 9.17) is 27.4 Å². The molecule has 1 amide bonds. The lowest BCUT2D eigenvalue weighted by Gasteiger charge is -2.38. The molecule has 2 N–H and O–H groups in total. The zero-order chi connectivity index (χ0) is 13.9. The molecule has 19 heavy (non-hydrogen) atoms. The normalized spacial score (nSPS) is 26.1. The van der Waals surface area contributed by atoms with Crippen molar-refractivity contribution in [2.24, 2.45) is 11.1 Å². The van der Waals surface area contributed by atoms with Crippen LogP contribution in [-0.4, -0.2) is 55.3 Å². The highest BCUT2D eigenvalue weighted by molar-refractivity contribution is 7.80. The summed E-state index contributed by atoms with van der Waals surface area (Å²) in [4.78, 5) is 14.7. The molecule has 1 unspecified atom stereocenters. The van der Waals surface area contributed by atoms with Gasteiger partial charge in [0.2, 0.25) is 5.91 Å². The van der Waals surface area contributed by atoms with E-state index in [0.29, 0.717) is 37.6 Å². The Kier molecular flexibility index (Phi) is 4.76. The SMILES string of the molecule is CN(CC1CCCO1)C(=O)C1(C(N)=S)CCOCC1. The average molecular weight is 286 g/mol. The smallest absolute Gasteiger partial charge is 0.235 e. The molecule has 0 radical (unpaired) electrons. The fourth-order valence-electron chi connectivity index (χ4n) is 2.83. The molecular formula is C13H22N2O3S. The maximum absolute atomic E-state index is 12.7. The second-order valence-corrected chi connectivity index (χ2v) is 5.82. The Balaban J connectivity index is 2.03. The summed E-state index contributed by atoms with van der Waals surface area (Å²) in [5.74, 6) is 0.0128. The monoisotopic (exact) mass is 286 g/mol. The summed E-state index contributed by atoms with van der Waals surface area (Å²) in [7, 11) is 1.81. The van der Waals surface area contributed by atoms with Crippen molar-refractivity contribution in [3.05, 3.63) is 0 Å². The topological polar surface area (TPSA) is 64.8 Å². The van der Waals surface area contributed by atoms with E-state index in [2.05, 4.69) is 0 Å². The van der Waals surface area contributed by atoms with Gasteiger partial charge in [0.1, 0.15) is 5.41 Å². The second-order valence-electron chi connectivity index (χ2n) is 5.38. The summed E-state index contributed by atoms with van der Waals surface area (Å²) in [5.41, 5.74) is 5.12. The van der Waals surface area contributed by atoms with Crippen LogP contribution < -0.4 is 5.73 Å². The molecule has 0 aromatic rings. The first kappa shape index (κ1) is 14.7. The highest BCUT2D eigenvalue weighted by Crippen LogP contribution is 2.33. The van der Waals surface area contributed by atoms with E-state index >= 15 is 0 Å². The van der Waals surface area contributed by atoms with E-state index in [9.17, 15) is 4.79 Å². The van der Waals surface area contributed by atoms with Crippen molar-refractivity contribution in [3.8, 4) is 0 Å². The number of nitrogens with zero attached hydrogens (tertiary/aromatic N) is 1. The van der Waals surface area contributed by atoms with Gasteiger partial charge in [0, 0.05) is 33.4 Å². The van der Waals surface area contributed by atoms with Gasteiger partial charge in [-0.15, -0.1) is 0 Å². The van der Waals surface area contributed by atoms with E-state index < -0.39 is 5.41 Å². The quantitative estimate of drug-likeness (QED) is 0.771. The molecule has 6 heteroatoms. The Morgan fingerprint density at radius 2 is 2.11 bits per heavy atom. The minimum Gasteiger partial charge on any atom is -0.392 e. The predicted octanol–water partition coefficient (Wildman–Crippen LogP) is 0.707. The largest absolute Gasteiger partial charge is 0.392 e. The molecule has 2 rings (SSSR count). The number of carbonyl (C=O) groups excluding carboxylic acids is 1. The van der Waals surface area contributed by atoms with Crippen molar-refractivity contribution < 1.29 is 14.3 Å². The van der Waals surface area contributed by atoms with Crippen LogP contribution in [0.1, 0.15) is 25.7 Å². The van der Waals surface area contributed by atoms with E-state index in [1.54, 1.807) is 11.9 Å². The summed E-state index contributed by atoms with van der Waals surface area (Å²) >= 11 is 5.15. The van der Waals surface area contributed by atoms with E-state index in [-0.39, 0.29) is 12.0 Å². The maximum Gasteiger partial charge on any atom is 0.235 e. The third-order valence-corrected chi connectivity index (χ3v) is 4.47. The van der Waals surface area contributed by atoms with Crippen LogP contribution in [0.3, 0.4) is 0 Å². The van der Waals surface area contributed by atoms with Crippen molar-refractivity contribution in [2.45, 2.75) is 31.8 Å². The number of amides is 1. The fraction of sp³-hybridized carbons (Fsp3) is 0.846. The molecule has 0 aromatic heterocycles. The zero-order valence-electron chi connectivity index (χ0n) is 11.4. The molecule has 0 bridgehead atoms. The Hall–Kier alpha value is -0.720. The number of nitrogens with two attached hydrogens (primary N) is 1. The predicted molar refractivity (Wildman–Crippen MR) is 75.9 cm³/mol. The van der Waals surface area contributed by atoms with Crippen LogP contribution >= 0.6 is 12.2 Å². The number of rotatable bonds is 4. The summed E-state index contributed by atoms with van der Waals surface area (Å²) < 4.78 is 10.9. The van der Waals surface area contributed by atoms with Crippen molar-refractivity contribution in [2.75, 3.05) is 33.4 Å². The van der Waals surface area contributed by atoms with Crippen LogP contribution in [0.2, 0.25) is 0 Å². The molecule has 0 aromatic carbocycles. The number of likely N-dealkylation sites (N-methyl/N-ethyl adjacent to an activating group) is 1. The van der Waals surface area contributed by atoms with Crippen molar-refractivity contribution in [3.63, 3.8) is 0 Å². The van der Waals surface area contributed by atoms with Crippen LogP contribution in [0.15, 0.2) is 0 Å². The molecule has 2 aliphatic heterocycles. The summed E-state index contributed by atoms with van der Waals surface area (Å²) in [5, 5.41) is 0. The van der Waals surface area contributed by atoms with Gasteiger partial charge in [-0.3, -0.25) is 4.79 Å². The lowest BCUT2D eigenvalue weighted by molar-refractivity contribution is -0.142. The van der Waals surface area contributed by atoms with Crippen molar-refractivity contribution in [1.82, 2.24) is 4.90 Å². The molecule has 2 saturated heterocycles. The van der Waals surface area contributed by atoms with Crippen LogP contribution in [0.25, 0.3) is 0 Å². The first-order valence-corrected chi connectivity index (χ1v) is 7.22. The lowest BCUT2D eigenvalue weighted by atomic mass is 9.78. The van der Waals surface area contributed by atoms with Gasteiger partial charge >= 0.3 is 0 Å². The van der Waals surface area contributed by atoms with E-state index in [1.807, 2.05) is 0 Å². The van der Waals surface area contributed by atoms with Gasteiger partial charge in [-0.1, -0.05) is 12.2 Å². The van der Waals surface area contributed by atoms with Crippen molar-refractivity contribution >= 4 is 23.1 Å². The summed E-state index contributed by atoms with van der Waals surface area (Å²) in [6.07, 6.45) is 3.40. The second kappa shape index (κ2) is 6.15. The summed E-state index contributed by atoms with van der Waals surface area (Å²) in [6.45, 7) is 2.48. The molecule has 108 valence electrons. The van der Waals surface area contributed by atoms with Gasteiger partial charge in [0.05, 0.1) is 11.1 Å². The number of carbonyl (C=O) groups is 1. The molecule has 2 aliphatic rings. The molecule has 0 aliphatic carbocycles. The van der Waals surface area contributed by atoms with Gasteiger partial charge in [-0.25, -0.2) is 0 Å². The standard InChI is InChI=1S/C13H22N2O3S/c1-15(9-10-3-2-6-18-10)12(16)13(11(14)19)4-7-17-8-5-13/h10H,2-9H2,1H3,(H2,14,19).